The summed E-state index contributed by atoms with van der Waals surface area (Å²) in [7, 11) is 0. The number of benzene rings is 2. The molecule has 2 aromatic carbocycles. The van der Waals surface area contributed by atoms with Crippen LogP contribution < -0.4 is 9.64 Å². The Hall–Kier alpha value is -3.08. The number of para-hydroxylation sites is 1. The Kier molecular flexibility index (Phi) is 3.98. The van der Waals surface area contributed by atoms with Crippen LogP contribution in [0.5, 0.6) is 5.75 Å². The van der Waals surface area contributed by atoms with E-state index in [0.29, 0.717) is 6.54 Å². The molecular weight excluding hydrogens is 316 g/mol. The molecule has 5 nitrogen and oxygen atoms in total. The van der Waals surface area contributed by atoms with Crippen LogP contribution in [0.25, 0.3) is 11.3 Å². The molecule has 5 heteroatoms. The smallest absolute Gasteiger partial charge is 0.264 e. The Morgan fingerprint density at radius 1 is 1.24 bits per heavy atom. The van der Waals surface area contributed by atoms with Gasteiger partial charge in [0.15, 0.2) is 12.4 Å². The second-order valence-corrected chi connectivity index (χ2v) is 6.07. The third-order valence-electron chi connectivity index (χ3n) is 4.44. The van der Waals surface area contributed by atoms with Crippen molar-refractivity contribution < 1.29 is 14.1 Å². The summed E-state index contributed by atoms with van der Waals surface area (Å²) in [4.78, 5) is 14.4. The highest BCUT2D eigenvalue weighted by molar-refractivity contribution is 5.96. The van der Waals surface area contributed by atoms with E-state index in [1.165, 1.54) is 0 Å². The maximum Gasteiger partial charge on any atom is 0.264 e. The van der Waals surface area contributed by atoms with Gasteiger partial charge in [-0.3, -0.25) is 4.79 Å². The number of aromatic nitrogens is 1. The van der Waals surface area contributed by atoms with Crippen molar-refractivity contribution >= 4 is 11.6 Å². The summed E-state index contributed by atoms with van der Waals surface area (Å²) in [6.07, 6.45) is 2.45. The molecule has 4 rings (SSSR count). The third-order valence-corrected chi connectivity index (χ3v) is 4.44. The lowest BCUT2D eigenvalue weighted by Gasteiger charge is -2.18. The van der Waals surface area contributed by atoms with Gasteiger partial charge in [-0.2, -0.15) is 0 Å². The van der Waals surface area contributed by atoms with E-state index in [1.807, 2.05) is 49.4 Å². The zero-order chi connectivity index (χ0) is 17.2. The van der Waals surface area contributed by atoms with Crippen molar-refractivity contribution in [1.29, 1.82) is 0 Å². The topological polar surface area (TPSA) is 55.6 Å². The number of carbonyl (C=O) groups is 1. The SMILES string of the molecule is Cc1ccccc1OCC(=O)N1CCc2cc(-c3ccno3)ccc21. The molecule has 3 aromatic rings. The number of rotatable bonds is 4. The molecule has 0 atom stereocenters. The van der Waals surface area contributed by atoms with Crippen LogP contribution in [0.1, 0.15) is 11.1 Å². The average molecular weight is 334 g/mol. The van der Waals surface area contributed by atoms with Crippen LogP contribution in [0.3, 0.4) is 0 Å². The summed E-state index contributed by atoms with van der Waals surface area (Å²) in [5.74, 6) is 1.45. The number of anilines is 1. The monoisotopic (exact) mass is 334 g/mol. The summed E-state index contributed by atoms with van der Waals surface area (Å²) < 4.78 is 10.9. The third kappa shape index (κ3) is 3.01. The van der Waals surface area contributed by atoms with Crippen molar-refractivity contribution in [3.05, 3.63) is 65.9 Å². The summed E-state index contributed by atoms with van der Waals surface area (Å²) in [5, 5.41) is 3.74. The molecule has 0 fully saturated rings. The van der Waals surface area contributed by atoms with Crippen molar-refractivity contribution in [1.82, 2.24) is 5.16 Å². The van der Waals surface area contributed by atoms with Gasteiger partial charge in [0, 0.05) is 23.9 Å². The standard InChI is InChI=1S/C20H18N2O3/c1-14-4-2-3-5-18(14)24-13-20(23)22-11-9-15-12-16(6-7-17(15)22)19-8-10-21-25-19/h2-8,10,12H,9,11,13H2,1H3. The predicted octanol–water partition coefficient (Wildman–Crippen LogP) is 3.62. The van der Waals surface area contributed by atoms with Crippen LogP contribution in [0.2, 0.25) is 0 Å². The fraction of sp³-hybridized carbons (Fsp3) is 0.200. The molecule has 1 amide bonds. The highest BCUT2D eigenvalue weighted by atomic mass is 16.5. The quantitative estimate of drug-likeness (QED) is 0.731. The average Bonchev–Trinajstić information content (AvgIpc) is 3.30. The van der Waals surface area contributed by atoms with Crippen LogP contribution in [-0.2, 0) is 11.2 Å². The minimum Gasteiger partial charge on any atom is -0.483 e. The zero-order valence-electron chi connectivity index (χ0n) is 13.9. The van der Waals surface area contributed by atoms with Crippen LogP contribution >= 0.6 is 0 Å². The Labute approximate surface area is 145 Å². The van der Waals surface area contributed by atoms with Gasteiger partial charge in [-0.15, -0.1) is 0 Å². The first-order valence-electron chi connectivity index (χ1n) is 8.25. The van der Waals surface area contributed by atoms with Crippen LogP contribution in [0.15, 0.2) is 59.3 Å². The van der Waals surface area contributed by atoms with Gasteiger partial charge < -0.3 is 14.2 Å². The number of carbonyl (C=O) groups excluding carboxylic acids is 1. The normalized spacial score (nSPS) is 12.9. The molecule has 0 spiro atoms. The van der Waals surface area contributed by atoms with Gasteiger partial charge in [0.2, 0.25) is 0 Å². The van der Waals surface area contributed by atoms with Crippen molar-refractivity contribution in [2.45, 2.75) is 13.3 Å². The molecule has 0 saturated heterocycles. The maximum absolute atomic E-state index is 12.6. The number of fused-ring (bicyclic) bond motifs is 1. The highest BCUT2D eigenvalue weighted by Crippen LogP contribution is 2.32. The second kappa shape index (κ2) is 6.43. The lowest BCUT2D eigenvalue weighted by molar-refractivity contribution is -0.120. The molecular formula is C20H18N2O3. The first-order chi connectivity index (χ1) is 12.2. The summed E-state index contributed by atoms with van der Waals surface area (Å²) in [6, 6.07) is 15.5. The number of ether oxygens (including phenoxy) is 1. The zero-order valence-corrected chi connectivity index (χ0v) is 13.9. The van der Waals surface area contributed by atoms with Crippen LogP contribution in [-0.4, -0.2) is 24.2 Å². The lowest BCUT2D eigenvalue weighted by Crippen LogP contribution is -2.33. The van der Waals surface area contributed by atoms with E-state index in [-0.39, 0.29) is 12.5 Å². The van der Waals surface area contributed by atoms with E-state index in [1.54, 1.807) is 11.1 Å². The molecule has 0 saturated carbocycles. The Morgan fingerprint density at radius 2 is 2.12 bits per heavy atom. The molecule has 0 aliphatic carbocycles. The molecule has 1 aliphatic rings. The molecule has 126 valence electrons. The van der Waals surface area contributed by atoms with E-state index in [2.05, 4.69) is 11.2 Å². The van der Waals surface area contributed by atoms with E-state index in [4.69, 9.17) is 9.26 Å². The second-order valence-electron chi connectivity index (χ2n) is 6.07. The highest BCUT2D eigenvalue weighted by Gasteiger charge is 2.25. The number of nitrogens with zero attached hydrogens (tertiary/aromatic N) is 2. The molecule has 0 N–H and O–H groups in total. The van der Waals surface area contributed by atoms with E-state index < -0.39 is 0 Å². The van der Waals surface area contributed by atoms with E-state index >= 15 is 0 Å². The Bertz CT molecular complexity index is 903. The molecule has 1 aromatic heterocycles. The van der Waals surface area contributed by atoms with E-state index in [9.17, 15) is 4.79 Å². The molecule has 25 heavy (non-hydrogen) atoms. The summed E-state index contributed by atoms with van der Waals surface area (Å²) in [5.41, 5.74) is 4.08. The van der Waals surface area contributed by atoms with Gasteiger partial charge >= 0.3 is 0 Å². The first kappa shape index (κ1) is 15.4. The summed E-state index contributed by atoms with van der Waals surface area (Å²) >= 11 is 0. The fourth-order valence-corrected chi connectivity index (χ4v) is 3.11. The maximum atomic E-state index is 12.6. The van der Waals surface area contributed by atoms with Gasteiger partial charge in [-0.05, 0) is 48.7 Å². The van der Waals surface area contributed by atoms with Gasteiger partial charge in [0.05, 0.1) is 6.20 Å². The number of hydrogen-bond acceptors (Lipinski definition) is 4. The molecule has 0 bridgehead atoms. The minimum atomic E-state index is -0.0329. The van der Waals surface area contributed by atoms with E-state index in [0.717, 1.165) is 40.3 Å². The molecule has 0 unspecified atom stereocenters. The predicted molar refractivity (Wildman–Crippen MR) is 94.7 cm³/mol. The van der Waals surface area contributed by atoms with Gasteiger partial charge in [-0.25, -0.2) is 0 Å². The number of aryl methyl sites for hydroxylation is 1. The van der Waals surface area contributed by atoms with Gasteiger partial charge in [0.25, 0.3) is 5.91 Å². The number of amides is 1. The Balaban J connectivity index is 1.48. The van der Waals surface area contributed by atoms with Crippen molar-refractivity contribution in [3.8, 4) is 17.1 Å². The summed E-state index contributed by atoms with van der Waals surface area (Å²) in [6.45, 7) is 2.68. The minimum absolute atomic E-state index is 0.0329. The van der Waals surface area contributed by atoms with Crippen LogP contribution in [0, 0.1) is 6.92 Å². The van der Waals surface area contributed by atoms with Crippen LogP contribution in [0.4, 0.5) is 5.69 Å². The Morgan fingerprint density at radius 3 is 2.92 bits per heavy atom. The molecule has 1 aliphatic heterocycles. The van der Waals surface area contributed by atoms with Crippen molar-refractivity contribution in [2.75, 3.05) is 18.1 Å². The first-order valence-corrected chi connectivity index (χ1v) is 8.25. The molecule has 2 heterocycles. The number of hydrogen-bond donors (Lipinski definition) is 0. The largest absolute Gasteiger partial charge is 0.483 e. The lowest BCUT2D eigenvalue weighted by atomic mass is 10.1. The van der Waals surface area contributed by atoms with Crippen molar-refractivity contribution in [3.63, 3.8) is 0 Å². The van der Waals surface area contributed by atoms with Crippen molar-refractivity contribution in [2.24, 2.45) is 0 Å². The fourth-order valence-electron chi connectivity index (χ4n) is 3.11. The van der Waals surface area contributed by atoms with Gasteiger partial charge in [0.1, 0.15) is 5.75 Å². The molecule has 0 radical (unpaired) electrons. The van der Waals surface area contributed by atoms with Gasteiger partial charge in [-0.1, -0.05) is 23.4 Å².